The quantitative estimate of drug-likeness (QED) is 0.627. The Bertz CT molecular complexity index is 153. The van der Waals surface area contributed by atoms with Gasteiger partial charge in [0.05, 0.1) is 6.54 Å². The Balaban J connectivity index is 1.95. The highest BCUT2D eigenvalue weighted by Gasteiger charge is 2.12. The summed E-state index contributed by atoms with van der Waals surface area (Å²) in [4.78, 5) is 10.4. The van der Waals surface area contributed by atoms with Crippen molar-refractivity contribution in [2.45, 2.75) is 38.5 Å². The van der Waals surface area contributed by atoms with Crippen LogP contribution in [0.1, 0.15) is 38.5 Å². The van der Waals surface area contributed by atoms with Crippen LogP contribution in [-0.2, 0) is 4.79 Å². The van der Waals surface area contributed by atoms with Crippen LogP contribution in [0, 0.1) is 5.92 Å². The lowest BCUT2D eigenvalue weighted by Gasteiger charge is -2.21. The number of primary amides is 1. The molecule has 1 aliphatic rings. The van der Waals surface area contributed by atoms with Crippen LogP contribution in [0.5, 0.6) is 0 Å². The lowest BCUT2D eigenvalue weighted by atomic mass is 9.87. The molecule has 1 fully saturated rings. The molecule has 0 atom stereocenters. The van der Waals surface area contributed by atoms with Gasteiger partial charge in [-0.15, -0.1) is 0 Å². The van der Waals surface area contributed by atoms with Crippen molar-refractivity contribution in [2.75, 3.05) is 13.1 Å². The lowest BCUT2D eigenvalue weighted by Crippen LogP contribution is -2.30. The van der Waals surface area contributed by atoms with E-state index < -0.39 is 0 Å². The molecule has 0 saturated heterocycles. The highest BCUT2D eigenvalue weighted by Crippen LogP contribution is 2.25. The molecule has 1 aliphatic carbocycles. The normalized spacial score (nSPS) is 18.8. The number of amides is 1. The third-order valence-corrected chi connectivity index (χ3v) is 2.75. The van der Waals surface area contributed by atoms with Gasteiger partial charge in [-0.1, -0.05) is 32.1 Å². The topological polar surface area (TPSA) is 55.1 Å². The molecule has 3 nitrogen and oxygen atoms in total. The average Bonchev–Trinajstić information content (AvgIpc) is 2.14. The van der Waals surface area contributed by atoms with Gasteiger partial charge in [0, 0.05) is 0 Å². The SMILES string of the molecule is NC(=O)CNCCC1CCCCC1. The van der Waals surface area contributed by atoms with Crippen molar-refractivity contribution in [3.05, 3.63) is 0 Å². The van der Waals surface area contributed by atoms with E-state index in [4.69, 9.17) is 5.73 Å². The smallest absolute Gasteiger partial charge is 0.231 e. The Morgan fingerprint density at radius 3 is 2.62 bits per heavy atom. The summed E-state index contributed by atoms with van der Waals surface area (Å²) in [5, 5.41) is 3.06. The summed E-state index contributed by atoms with van der Waals surface area (Å²) in [5.74, 6) is 0.623. The van der Waals surface area contributed by atoms with E-state index in [-0.39, 0.29) is 5.91 Å². The second-order valence-corrected chi connectivity index (χ2v) is 3.94. The second-order valence-electron chi connectivity index (χ2n) is 3.94. The highest BCUT2D eigenvalue weighted by molar-refractivity contribution is 5.75. The molecule has 0 aromatic heterocycles. The highest BCUT2D eigenvalue weighted by atomic mass is 16.1. The Labute approximate surface area is 80.1 Å². The number of carbonyl (C=O) groups excluding carboxylic acids is 1. The maximum Gasteiger partial charge on any atom is 0.231 e. The summed E-state index contributed by atoms with van der Waals surface area (Å²) in [6, 6.07) is 0. The van der Waals surface area contributed by atoms with E-state index in [1.807, 2.05) is 0 Å². The van der Waals surface area contributed by atoms with Crippen LogP contribution in [0.2, 0.25) is 0 Å². The van der Waals surface area contributed by atoms with E-state index in [2.05, 4.69) is 5.32 Å². The van der Waals surface area contributed by atoms with Gasteiger partial charge in [-0.05, 0) is 18.9 Å². The second kappa shape index (κ2) is 5.97. The molecule has 0 aliphatic heterocycles. The number of nitrogens with one attached hydrogen (secondary N) is 1. The average molecular weight is 184 g/mol. The van der Waals surface area contributed by atoms with Crippen LogP contribution in [-0.4, -0.2) is 19.0 Å². The molecule has 0 heterocycles. The Morgan fingerprint density at radius 1 is 1.31 bits per heavy atom. The molecule has 3 N–H and O–H groups in total. The van der Waals surface area contributed by atoms with Crippen LogP contribution in [0.3, 0.4) is 0 Å². The Kier molecular flexibility index (Phi) is 4.83. The van der Waals surface area contributed by atoms with Crippen LogP contribution < -0.4 is 11.1 Å². The fraction of sp³-hybridized carbons (Fsp3) is 0.900. The molecular formula is C10H20N2O. The first kappa shape index (κ1) is 10.5. The number of nitrogens with two attached hydrogens (primary N) is 1. The van der Waals surface area contributed by atoms with E-state index in [1.165, 1.54) is 38.5 Å². The summed E-state index contributed by atoms with van der Waals surface area (Å²) in [6.45, 7) is 1.26. The van der Waals surface area contributed by atoms with Gasteiger partial charge in [-0.25, -0.2) is 0 Å². The molecular weight excluding hydrogens is 164 g/mol. The number of rotatable bonds is 5. The van der Waals surface area contributed by atoms with E-state index in [1.54, 1.807) is 0 Å². The summed E-state index contributed by atoms with van der Waals surface area (Å²) < 4.78 is 0. The molecule has 0 unspecified atom stereocenters. The maximum atomic E-state index is 10.4. The van der Waals surface area contributed by atoms with Gasteiger partial charge in [-0.3, -0.25) is 4.79 Å². The molecule has 0 aromatic rings. The predicted molar refractivity (Wildman–Crippen MR) is 53.3 cm³/mol. The first-order valence-electron chi connectivity index (χ1n) is 5.28. The molecule has 3 heteroatoms. The third kappa shape index (κ3) is 4.88. The first-order valence-corrected chi connectivity index (χ1v) is 5.28. The maximum absolute atomic E-state index is 10.4. The van der Waals surface area contributed by atoms with Gasteiger partial charge >= 0.3 is 0 Å². The number of hydrogen-bond acceptors (Lipinski definition) is 2. The van der Waals surface area contributed by atoms with Crippen molar-refractivity contribution < 1.29 is 4.79 Å². The molecule has 0 bridgehead atoms. The van der Waals surface area contributed by atoms with Crippen LogP contribution >= 0.6 is 0 Å². The molecule has 13 heavy (non-hydrogen) atoms. The summed E-state index contributed by atoms with van der Waals surface area (Å²) in [7, 11) is 0. The molecule has 0 aromatic carbocycles. The van der Waals surface area contributed by atoms with Crippen LogP contribution in [0.15, 0.2) is 0 Å². The van der Waals surface area contributed by atoms with Gasteiger partial charge in [0.25, 0.3) is 0 Å². The van der Waals surface area contributed by atoms with Crippen molar-refractivity contribution in [1.29, 1.82) is 0 Å². The third-order valence-electron chi connectivity index (χ3n) is 2.75. The predicted octanol–water partition coefficient (Wildman–Crippen LogP) is 1.03. The molecule has 0 spiro atoms. The lowest BCUT2D eigenvalue weighted by molar-refractivity contribution is -0.117. The van der Waals surface area contributed by atoms with E-state index in [0.717, 1.165) is 12.5 Å². The minimum atomic E-state index is -0.261. The fourth-order valence-electron chi connectivity index (χ4n) is 1.99. The van der Waals surface area contributed by atoms with Gasteiger partial charge in [0.1, 0.15) is 0 Å². The first-order chi connectivity index (χ1) is 6.29. The van der Waals surface area contributed by atoms with E-state index >= 15 is 0 Å². The standard InChI is InChI=1S/C10H20N2O/c11-10(13)8-12-7-6-9-4-2-1-3-5-9/h9,12H,1-8H2,(H2,11,13). The molecule has 0 radical (unpaired) electrons. The fourth-order valence-corrected chi connectivity index (χ4v) is 1.99. The van der Waals surface area contributed by atoms with Gasteiger partial charge < -0.3 is 11.1 Å². The van der Waals surface area contributed by atoms with Crippen molar-refractivity contribution in [3.63, 3.8) is 0 Å². The van der Waals surface area contributed by atoms with Crippen molar-refractivity contribution in [2.24, 2.45) is 11.7 Å². The number of hydrogen-bond donors (Lipinski definition) is 2. The van der Waals surface area contributed by atoms with Gasteiger partial charge in [-0.2, -0.15) is 0 Å². The summed E-state index contributed by atoms with van der Waals surface area (Å²) in [5.41, 5.74) is 5.01. The molecule has 76 valence electrons. The Hall–Kier alpha value is -0.570. The van der Waals surface area contributed by atoms with Gasteiger partial charge in [0.15, 0.2) is 0 Å². The van der Waals surface area contributed by atoms with Crippen molar-refractivity contribution >= 4 is 5.91 Å². The Morgan fingerprint density at radius 2 is 2.00 bits per heavy atom. The zero-order valence-corrected chi connectivity index (χ0v) is 8.22. The van der Waals surface area contributed by atoms with Crippen molar-refractivity contribution in [3.8, 4) is 0 Å². The minimum Gasteiger partial charge on any atom is -0.369 e. The number of carbonyl (C=O) groups is 1. The summed E-state index contributed by atoms with van der Waals surface area (Å²) >= 11 is 0. The van der Waals surface area contributed by atoms with Gasteiger partial charge in [0.2, 0.25) is 5.91 Å². The largest absolute Gasteiger partial charge is 0.369 e. The summed E-state index contributed by atoms with van der Waals surface area (Å²) in [6.07, 6.45) is 8.13. The minimum absolute atomic E-state index is 0.261. The molecule has 1 rings (SSSR count). The zero-order chi connectivity index (χ0) is 9.52. The monoisotopic (exact) mass is 184 g/mol. The zero-order valence-electron chi connectivity index (χ0n) is 8.22. The van der Waals surface area contributed by atoms with Crippen LogP contribution in [0.25, 0.3) is 0 Å². The van der Waals surface area contributed by atoms with Crippen molar-refractivity contribution in [1.82, 2.24) is 5.32 Å². The molecule has 1 saturated carbocycles. The van der Waals surface area contributed by atoms with E-state index in [0.29, 0.717) is 6.54 Å². The molecule has 1 amide bonds. The van der Waals surface area contributed by atoms with E-state index in [9.17, 15) is 4.79 Å². The van der Waals surface area contributed by atoms with Crippen LogP contribution in [0.4, 0.5) is 0 Å².